The molecular formula is C8H6BrF3N2O2. The maximum atomic E-state index is 12.0. The second kappa shape index (κ2) is 4.20. The Balaban J connectivity index is 3.22. The Bertz CT molecular complexity index is 434. The van der Waals surface area contributed by atoms with E-state index >= 15 is 0 Å². The van der Waals surface area contributed by atoms with Crippen molar-refractivity contribution in [2.24, 2.45) is 5.73 Å². The molecular weight excluding hydrogens is 293 g/mol. The summed E-state index contributed by atoms with van der Waals surface area (Å²) < 4.78 is 39.7. The minimum atomic E-state index is -4.89. The van der Waals surface area contributed by atoms with Gasteiger partial charge in [-0.15, -0.1) is 13.2 Å². The topological polar surface area (TPSA) is 78.3 Å². The lowest BCUT2D eigenvalue weighted by molar-refractivity contribution is -0.274. The molecule has 4 N–H and O–H groups in total. The van der Waals surface area contributed by atoms with Crippen molar-refractivity contribution in [1.82, 2.24) is 0 Å². The van der Waals surface area contributed by atoms with Crippen LogP contribution in [0, 0.1) is 0 Å². The summed E-state index contributed by atoms with van der Waals surface area (Å²) in [5.41, 5.74) is 9.86. The molecule has 0 aliphatic heterocycles. The van der Waals surface area contributed by atoms with Crippen LogP contribution < -0.4 is 16.2 Å². The number of benzene rings is 1. The molecule has 0 radical (unpaired) electrons. The predicted molar refractivity (Wildman–Crippen MR) is 53.8 cm³/mol. The van der Waals surface area contributed by atoms with Crippen LogP contribution in [0.3, 0.4) is 0 Å². The fraction of sp³-hybridized carbons (Fsp3) is 0.125. The van der Waals surface area contributed by atoms with E-state index in [4.69, 9.17) is 11.5 Å². The Morgan fingerprint density at radius 3 is 2.38 bits per heavy atom. The molecule has 1 amide bonds. The number of nitrogens with two attached hydrogens (primary N) is 2. The number of carbonyl (C=O) groups excluding carboxylic acids is 1. The van der Waals surface area contributed by atoms with Crippen molar-refractivity contribution < 1.29 is 22.7 Å². The van der Waals surface area contributed by atoms with Gasteiger partial charge in [0.05, 0.1) is 5.69 Å². The number of anilines is 1. The lowest BCUT2D eigenvalue weighted by Crippen LogP contribution is -2.19. The molecule has 0 saturated carbocycles. The number of halogens is 4. The summed E-state index contributed by atoms with van der Waals surface area (Å²) in [6.07, 6.45) is -4.89. The highest BCUT2D eigenvalue weighted by Gasteiger charge is 2.32. The second-order valence-electron chi connectivity index (χ2n) is 2.78. The minimum Gasteiger partial charge on any atom is -0.404 e. The predicted octanol–water partition coefficient (Wildman–Crippen LogP) is 2.03. The first kappa shape index (κ1) is 12.6. The van der Waals surface area contributed by atoms with Crippen molar-refractivity contribution in [3.8, 4) is 5.75 Å². The van der Waals surface area contributed by atoms with E-state index < -0.39 is 18.0 Å². The van der Waals surface area contributed by atoms with Crippen LogP contribution in [0.25, 0.3) is 0 Å². The van der Waals surface area contributed by atoms with Crippen LogP contribution in [-0.4, -0.2) is 12.3 Å². The van der Waals surface area contributed by atoms with Gasteiger partial charge < -0.3 is 16.2 Å². The molecule has 16 heavy (non-hydrogen) atoms. The summed E-state index contributed by atoms with van der Waals surface area (Å²) in [6, 6.07) is 2.04. The third-order valence-electron chi connectivity index (χ3n) is 1.60. The Morgan fingerprint density at radius 2 is 1.94 bits per heavy atom. The van der Waals surface area contributed by atoms with Crippen LogP contribution in [0.15, 0.2) is 16.6 Å². The molecule has 0 spiro atoms. The van der Waals surface area contributed by atoms with Crippen LogP contribution in [0.2, 0.25) is 0 Å². The van der Waals surface area contributed by atoms with Crippen molar-refractivity contribution in [2.45, 2.75) is 6.36 Å². The number of rotatable bonds is 2. The van der Waals surface area contributed by atoms with Gasteiger partial charge in [0, 0.05) is 10.0 Å². The monoisotopic (exact) mass is 298 g/mol. The molecule has 0 heterocycles. The quantitative estimate of drug-likeness (QED) is 0.820. The molecule has 0 aliphatic carbocycles. The molecule has 1 aromatic rings. The molecule has 0 aliphatic rings. The van der Waals surface area contributed by atoms with Gasteiger partial charge in [0.1, 0.15) is 0 Å². The van der Waals surface area contributed by atoms with Crippen molar-refractivity contribution in [2.75, 3.05) is 5.73 Å². The first-order chi connectivity index (χ1) is 7.20. The minimum absolute atomic E-state index is 0.100. The first-order valence-electron chi connectivity index (χ1n) is 3.85. The Hall–Kier alpha value is -1.44. The van der Waals surface area contributed by atoms with Crippen LogP contribution in [0.5, 0.6) is 5.75 Å². The first-order valence-corrected chi connectivity index (χ1v) is 4.64. The largest absolute Gasteiger partial charge is 0.573 e. The van der Waals surface area contributed by atoms with Gasteiger partial charge in [0.2, 0.25) is 5.91 Å². The zero-order valence-corrected chi connectivity index (χ0v) is 9.22. The molecule has 0 fully saturated rings. The van der Waals surface area contributed by atoms with Crippen molar-refractivity contribution in [3.05, 3.63) is 22.2 Å². The molecule has 88 valence electrons. The standard InChI is InChI=1S/C8H6BrF3N2O2/c9-4-1-3(7(14)15)2-5(6(4)13)16-8(10,11)12/h1-2H,13H2,(H2,14,15). The summed E-state index contributed by atoms with van der Waals surface area (Å²) in [4.78, 5) is 10.8. The number of primary amides is 1. The van der Waals surface area contributed by atoms with E-state index in [1.165, 1.54) is 6.07 Å². The zero-order valence-electron chi connectivity index (χ0n) is 7.64. The number of hydrogen-bond acceptors (Lipinski definition) is 3. The smallest absolute Gasteiger partial charge is 0.404 e. The summed E-state index contributed by atoms with van der Waals surface area (Å²) in [5, 5.41) is 0. The normalized spacial score (nSPS) is 11.2. The number of alkyl halides is 3. The number of hydrogen-bond donors (Lipinski definition) is 2. The van der Waals surface area contributed by atoms with Gasteiger partial charge in [0.15, 0.2) is 5.75 Å². The zero-order chi connectivity index (χ0) is 12.5. The van der Waals surface area contributed by atoms with Crippen LogP contribution in [0.1, 0.15) is 10.4 Å². The van der Waals surface area contributed by atoms with Crippen molar-refractivity contribution in [1.29, 1.82) is 0 Å². The van der Waals surface area contributed by atoms with E-state index in [0.717, 1.165) is 6.07 Å². The van der Waals surface area contributed by atoms with Gasteiger partial charge in [0.25, 0.3) is 0 Å². The van der Waals surface area contributed by atoms with Gasteiger partial charge in [-0.05, 0) is 28.1 Å². The van der Waals surface area contributed by atoms with Crippen LogP contribution in [-0.2, 0) is 0 Å². The summed E-state index contributed by atoms with van der Waals surface area (Å²) in [6.45, 7) is 0. The molecule has 4 nitrogen and oxygen atoms in total. The molecule has 8 heteroatoms. The van der Waals surface area contributed by atoms with Gasteiger partial charge in [-0.3, -0.25) is 4.79 Å². The Kier molecular flexibility index (Phi) is 3.32. The SMILES string of the molecule is NC(=O)c1cc(Br)c(N)c(OC(F)(F)F)c1. The molecule has 0 bridgehead atoms. The van der Waals surface area contributed by atoms with E-state index in [0.29, 0.717) is 0 Å². The molecule has 0 saturated heterocycles. The van der Waals surface area contributed by atoms with E-state index in [9.17, 15) is 18.0 Å². The molecule has 1 aromatic carbocycles. The third-order valence-corrected chi connectivity index (χ3v) is 2.26. The molecule has 0 unspecified atom stereocenters. The van der Waals surface area contributed by atoms with Gasteiger partial charge in [-0.25, -0.2) is 0 Å². The van der Waals surface area contributed by atoms with Crippen molar-refractivity contribution in [3.63, 3.8) is 0 Å². The van der Waals surface area contributed by atoms with Crippen molar-refractivity contribution >= 4 is 27.5 Å². The molecule has 0 aromatic heterocycles. The summed E-state index contributed by atoms with van der Waals surface area (Å²) in [7, 11) is 0. The highest BCUT2D eigenvalue weighted by Crippen LogP contribution is 2.34. The van der Waals surface area contributed by atoms with E-state index in [2.05, 4.69) is 20.7 Å². The highest BCUT2D eigenvalue weighted by atomic mass is 79.9. The summed E-state index contributed by atoms with van der Waals surface area (Å²) >= 11 is 2.89. The van der Waals surface area contributed by atoms with Crippen LogP contribution >= 0.6 is 15.9 Å². The fourth-order valence-electron chi connectivity index (χ4n) is 0.944. The van der Waals surface area contributed by atoms with Gasteiger partial charge in [-0.2, -0.15) is 0 Å². The van der Waals surface area contributed by atoms with E-state index in [-0.39, 0.29) is 15.7 Å². The molecule has 1 rings (SSSR count). The average molecular weight is 299 g/mol. The number of nitrogen functional groups attached to an aromatic ring is 1. The maximum absolute atomic E-state index is 12.0. The Labute approximate surface area is 96.5 Å². The number of amides is 1. The van der Waals surface area contributed by atoms with E-state index in [1.54, 1.807) is 0 Å². The highest BCUT2D eigenvalue weighted by molar-refractivity contribution is 9.10. The Morgan fingerprint density at radius 1 is 1.38 bits per heavy atom. The fourth-order valence-corrected chi connectivity index (χ4v) is 1.39. The number of carbonyl (C=O) groups is 1. The van der Waals surface area contributed by atoms with Crippen LogP contribution in [0.4, 0.5) is 18.9 Å². The average Bonchev–Trinajstić information content (AvgIpc) is 2.10. The third kappa shape index (κ3) is 3.02. The van der Waals surface area contributed by atoms with Gasteiger partial charge >= 0.3 is 6.36 Å². The van der Waals surface area contributed by atoms with Gasteiger partial charge in [-0.1, -0.05) is 0 Å². The second-order valence-corrected chi connectivity index (χ2v) is 3.64. The lowest BCUT2D eigenvalue weighted by Gasteiger charge is -2.12. The molecule has 0 atom stereocenters. The lowest BCUT2D eigenvalue weighted by atomic mass is 10.2. The van der Waals surface area contributed by atoms with E-state index in [1.807, 2.05) is 0 Å². The number of ether oxygens (including phenoxy) is 1. The summed E-state index contributed by atoms with van der Waals surface area (Å²) in [5.74, 6) is -1.55. The maximum Gasteiger partial charge on any atom is 0.573 e.